The van der Waals surface area contributed by atoms with Gasteiger partial charge in [-0.3, -0.25) is 9.69 Å². The van der Waals surface area contributed by atoms with Crippen LogP contribution in [-0.4, -0.2) is 73.2 Å². The number of ether oxygens (including phenoxy) is 3. The second-order valence-electron chi connectivity index (χ2n) is 11.7. The van der Waals surface area contributed by atoms with Gasteiger partial charge in [-0.05, 0) is 54.8 Å². The molecule has 11 nitrogen and oxygen atoms in total. The number of hydrogen-bond acceptors (Lipinski definition) is 9. The molecule has 17 heteroatoms. The van der Waals surface area contributed by atoms with E-state index in [0.717, 1.165) is 0 Å². The summed E-state index contributed by atoms with van der Waals surface area (Å²) in [4.78, 5) is 38.4. The van der Waals surface area contributed by atoms with E-state index in [-0.39, 0.29) is 30.6 Å². The first kappa shape index (κ1) is 36.5. The summed E-state index contributed by atoms with van der Waals surface area (Å²) in [7, 11) is 1.42. The lowest BCUT2D eigenvalue weighted by molar-refractivity contribution is -0.143. The molecule has 0 saturated carbocycles. The number of aromatic nitrogens is 2. The summed E-state index contributed by atoms with van der Waals surface area (Å²) in [5.74, 6) is -0.767. The molecule has 1 aromatic heterocycles. The molecule has 2 atom stereocenters. The van der Waals surface area contributed by atoms with Gasteiger partial charge in [-0.15, -0.1) is 0 Å². The zero-order valence-corrected chi connectivity index (χ0v) is 27.1. The molecule has 3 heterocycles. The minimum Gasteiger partial charge on any atom is -0.497 e. The Hall–Kier alpha value is -4.80. The maximum absolute atomic E-state index is 13.9. The molecule has 1 amide bonds. The van der Waals surface area contributed by atoms with Crippen molar-refractivity contribution in [2.75, 3.05) is 54.7 Å². The summed E-state index contributed by atoms with van der Waals surface area (Å²) < 4.78 is 99.5. The Morgan fingerprint density at radius 1 is 1.00 bits per heavy atom. The maximum atomic E-state index is 13.9. The lowest BCUT2D eigenvalue weighted by atomic mass is 9.88. The van der Waals surface area contributed by atoms with Gasteiger partial charge in [-0.25, -0.2) is 14.8 Å². The second kappa shape index (κ2) is 15.0. The number of amides is 1. The van der Waals surface area contributed by atoms with Crippen LogP contribution in [0, 0.1) is 0 Å². The third kappa shape index (κ3) is 8.31. The van der Waals surface area contributed by atoms with Crippen LogP contribution in [0.25, 0.3) is 0 Å². The highest BCUT2D eigenvalue weighted by atomic mass is 19.4. The minimum atomic E-state index is -5.06. The fourth-order valence-electron chi connectivity index (χ4n) is 6.09. The van der Waals surface area contributed by atoms with Crippen LogP contribution in [0.3, 0.4) is 0 Å². The number of carbonyl (C=O) groups is 2. The van der Waals surface area contributed by atoms with Crippen LogP contribution in [0.4, 0.5) is 48.5 Å². The fraction of sp³-hybridized carbons (Fsp3) is 0.455. The summed E-state index contributed by atoms with van der Waals surface area (Å²) >= 11 is 0. The summed E-state index contributed by atoms with van der Waals surface area (Å²) in [6.07, 6.45) is -7.79. The first-order valence-corrected chi connectivity index (χ1v) is 15.7. The number of carboxylic acids is 1. The monoisotopic (exact) mass is 711 g/mol. The van der Waals surface area contributed by atoms with E-state index in [1.54, 1.807) is 25.1 Å². The Kier molecular flexibility index (Phi) is 10.9. The number of aliphatic carboxylic acids is 1. The van der Waals surface area contributed by atoms with E-state index in [9.17, 15) is 35.9 Å². The average molecular weight is 712 g/mol. The molecule has 1 fully saturated rings. The van der Waals surface area contributed by atoms with Crippen molar-refractivity contribution in [1.82, 2.24) is 9.97 Å². The molecule has 2 aliphatic heterocycles. The number of carboxylic acid groups (broad SMARTS) is 1. The number of benzene rings is 2. The molecule has 2 aromatic carbocycles. The third-order valence-corrected chi connectivity index (χ3v) is 8.56. The van der Waals surface area contributed by atoms with Gasteiger partial charge >= 0.3 is 24.4 Å². The van der Waals surface area contributed by atoms with E-state index < -0.39 is 60.6 Å². The molecule has 0 bridgehead atoms. The van der Waals surface area contributed by atoms with Gasteiger partial charge in [-0.1, -0.05) is 6.92 Å². The van der Waals surface area contributed by atoms with Crippen molar-refractivity contribution >= 4 is 29.4 Å². The van der Waals surface area contributed by atoms with Gasteiger partial charge in [0.15, 0.2) is 0 Å². The second-order valence-corrected chi connectivity index (χ2v) is 11.7. The lowest BCUT2D eigenvalue weighted by Crippen LogP contribution is -2.48. The van der Waals surface area contributed by atoms with Crippen molar-refractivity contribution in [3.63, 3.8) is 0 Å². The highest BCUT2D eigenvalue weighted by molar-refractivity contribution is 5.91. The molecule has 0 aliphatic carbocycles. The van der Waals surface area contributed by atoms with E-state index >= 15 is 0 Å². The highest BCUT2D eigenvalue weighted by Crippen LogP contribution is 2.45. The molecule has 270 valence electrons. The molecule has 0 unspecified atom stereocenters. The Morgan fingerprint density at radius 3 is 2.20 bits per heavy atom. The molecule has 1 N–H and O–H groups in total. The van der Waals surface area contributed by atoms with Gasteiger partial charge in [0.05, 0.1) is 67.7 Å². The van der Waals surface area contributed by atoms with E-state index in [4.69, 9.17) is 19.3 Å². The average Bonchev–Trinajstić information content (AvgIpc) is 3.09. The number of methoxy groups -OCH3 is 1. The number of halogens is 6. The van der Waals surface area contributed by atoms with Gasteiger partial charge < -0.3 is 29.1 Å². The summed E-state index contributed by atoms with van der Waals surface area (Å²) in [6, 6.07) is 4.84. The number of carbonyl (C=O) groups excluding carboxylic acids is 1. The molecule has 3 aromatic rings. The predicted molar refractivity (Wildman–Crippen MR) is 168 cm³/mol. The van der Waals surface area contributed by atoms with Crippen molar-refractivity contribution in [2.45, 2.75) is 57.2 Å². The Bertz CT molecular complexity index is 1630. The molecule has 5 rings (SSSR count). The topological polar surface area (TPSA) is 118 Å². The Morgan fingerprint density at radius 2 is 1.64 bits per heavy atom. The zero-order chi connectivity index (χ0) is 36.2. The van der Waals surface area contributed by atoms with Gasteiger partial charge in [0.25, 0.3) is 0 Å². The number of hydrogen-bond donors (Lipinski definition) is 1. The van der Waals surface area contributed by atoms with E-state index in [1.165, 1.54) is 29.3 Å². The number of fused-ring (bicyclic) bond motifs is 1. The summed E-state index contributed by atoms with van der Waals surface area (Å²) in [5.41, 5.74) is -1.78. The van der Waals surface area contributed by atoms with Gasteiger partial charge in [0.2, 0.25) is 5.95 Å². The standard InChI is InChI=1S/C33H35F6N5O6/c1-3-23-15-28(26-16-25(48-2)4-5-27(26)44(23)31(47)50-9-6-29(45)46)43(30-40-17-24(18-41-30)42-7-10-49-11-8-42)19-20-12-21(32(34,35)36)14-22(13-20)33(37,38)39/h4-5,12-14,16-18,23,28H,3,6-11,15,19H2,1-2H3,(H,45,46)/t23-,28+/m1/s1. The van der Waals surface area contributed by atoms with Crippen LogP contribution in [0.2, 0.25) is 0 Å². The van der Waals surface area contributed by atoms with Gasteiger partial charge in [0, 0.05) is 31.2 Å². The molecule has 0 spiro atoms. The summed E-state index contributed by atoms with van der Waals surface area (Å²) in [5, 5.41) is 9.02. The van der Waals surface area contributed by atoms with Crippen molar-refractivity contribution in [1.29, 1.82) is 0 Å². The normalized spacial score (nSPS) is 18.0. The predicted octanol–water partition coefficient (Wildman–Crippen LogP) is 6.71. The van der Waals surface area contributed by atoms with E-state index in [1.807, 2.05) is 4.90 Å². The van der Waals surface area contributed by atoms with Crippen LogP contribution in [-0.2, 0) is 33.2 Å². The molecule has 0 radical (unpaired) electrons. The van der Waals surface area contributed by atoms with Crippen LogP contribution in [0.5, 0.6) is 5.75 Å². The highest BCUT2D eigenvalue weighted by Gasteiger charge is 2.41. The third-order valence-electron chi connectivity index (χ3n) is 8.56. The summed E-state index contributed by atoms with van der Waals surface area (Å²) in [6.45, 7) is 3.06. The van der Waals surface area contributed by atoms with Crippen LogP contribution >= 0.6 is 0 Å². The Balaban J connectivity index is 1.63. The lowest BCUT2D eigenvalue weighted by Gasteiger charge is -2.44. The molecule has 50 heavy (non-hydrogen) atoms. The van der Waals surface area contributed by atoms with Gasteiger partial charge in [0.1, 0.15) is 12.4 Å². The minimum absolute atomic E-state index is 0.0269. The van der Waals surface area contributed by atoms with Crippen LogP contribution in [0.1, 0.15) is 54.5 Å². The van der Waals surface area contributed by atoms with Crippen molar-refractivity contribution in [3.8, 4) is 5.75 Å². The van der Waals surface area contributed by atoms with Crippen LogP contribution in [0.15, 0.2) is 48.8 Å². The molecule has 2 aliphatic rings. The number of alkyl halides is 6. The first-order chi connectivity index (χ1) is 23.7. The number of rotatable bonds is 10. The van der Waals surface area contributed by atoms with Crippen molar-refractivity contribution in [3.05, 3.63) is 71.0 Å². The smallest absolute Gasteiger partial charge is 0.416 e. The van der Waals surface area contributed by atoms with E-state index in [0.29, 0.717) is 67.5 Å². The fourth-order valence-corrected chi connectivity index (χ4v) is 6.09. The zero-order valence-electron chi connectivity index (χ0n) is 27.1. The quantitative estimate of drug-likeness (QED) is 0.228. The Labute approximate surface area is 283 Å². The van der Waals surface area contributed by atoms with E-state index in [2.05, 4.69) is 9.97 Å². The number of nitrogens with zero attached hydrogens (tertiary/aromatic N) is 5. The van der Waals surface area contributed by atoms with Crippen molar-refractivity contribution in [2.24, 2.45) is 0 Å². The SMILES string of the molecule is CC[C@@H]1C[C@H](N(Cc2cc(C(F)(F)F)cc(C(F)(F)F)c2)c2ncc(N3CCOCC3)cn2)c2cc(OC)ccc2N1C(=O)OCCC(=O)O. The maximum Gasteiger partial charge on any atom is 0.416 e. The number of anilines is 3. The molecular formula is C33H35F6N5O6. The molecule has 1 saturated heterocycles. The van der Waals surface area contributed by atoms with Gasteiger partial charge in [-0.2, -0.15) is 26.3 Å². The number of morpholine rings is 1. The van der Waals surface area contributed by atoms with Crippen molar-refractivity contribution < 1.29 is 55.2 Å². The largest absolute Gasteiger partial charge is 0.497 e. The molecular weight excluding hydrogens is 676 g/mol. The van der Waals surface area contributed by atoms with Crippen LogP contribution < -0.4 is 19.4 Å². The first-order valence-electron chi connectivity index (χ1n) is 15.7.